The Morgan fingerprint density at radius 1 is 0.704 bits per heavy atom. The maximum absolute atomic E-state index is 14.8. The molecule has 1 aromatic rings. The molecule has 27 heavy (non-hydrogen) atoms. The third-order valence-corrected chi connectivity index (χ3v) is 4.30. The number of benzene rings is 1. The van der Waals surface area contributed by atoms with Gasteiger partial charge in [0.15, 0.2) is 0 Å². The van der Waals surface area contributed by atoms with Crippen LogP contribution in [0.15, 0.2) is 24.3 Å². The topological polar surface area (TPSA) is 29.5 Å². The highest BCUT2D eigenvalue weighted by Gasteiger charge is 3.02. The van der Waals surface area contributed by atoms with Crippen LogP contribution in [0, 0.1) is 0 Å². The molecule has 1 saturated carbocycles. The van der Waals surface area contributed by atoms with E-state index in [9.17, 15) is 53.4 Å². The second-order valence-electron chi connectivity index (χ2n) is 5.73. The summed E-state index contributed by atoms with van der Waals surface area (Å²) in [5.74, 6) is -36.9. The first-order valence-electron chi connectivity index (χ1n) is 6.85. The number of halogens is 11. The fourth-order valence-corrected chi connectivity index (χ4v) is 2.70. The number of hydrogen-bond acceptors (Lipinski definition) is 2. The van der Waals surface area contributed by atoms with Crippen LogP contribution in [-0.2, 0) is 0 Å². The van der Waals surface area contributed by atoms with Crippen LogP contribution in [0.2, 0.25) is 0 Å². The molecule has 1 unspecified atom stereocenters. The van der Waals surface area contributed by atoms with Gasteiger partial charge in [0.2, 0.25) is 0 Å². The Morgan fingerprint density at radius 3 is 1.48 bits per heavy atom. The maximum atomic E-state index is 14.8. The normalized spacial score (nSPS) is 27.6. The van der Waals surface area contributed by atoms with Crippen LogP contribution in [0.4, 0.5) is 48.3 Å². The molecule has 0 aromatic heterocycles. The Kier molecular flexibility index (Phi) is 4.47. The standard InChI is InChI=1S/C14H9F11O2/c1-27-7-5-3-2-4-6(7)8(26)9(15)10(16,17)12(20,21)14(24,25)13(22,23)11(9,18)19/h2-5,8,26H,1H3. The van der Waals surface area contributed by atoms with Crippen molar-refractivity contribution in [3.63, 3.8) is 0 Å². The van der Waals surface area contributed by atoms with Crippen molar-refractivity contribution in [2.24, 2.45) is 0 Å². The molecular weight excluding hydrogens is 409 g/mol. The van der Waals surface area contributed by atoms with E-state index in [4.69, 9.17) is 0 Å². The minimum Gasteiger partial charge on any atom is -0.496 e. The molecule has 1 atom stereocenters. The van der Waals surface area contributed by atoms with E-state index in [1.165, 1.54) is 0 Å². The van der Waals surface area contributed by atoms with E-state index in [0.717, 1.165) is 25.3 Å². The predicted molar refractivity (Wildman–Crippen MR) is 66.5 cm³/mol. The molecule has 2 rings (SSSR count). The summed E-state index contributed by atoms with van der Waals surface area (Å²) < 4.78 is 155. The molecule has 0 bridgehead atoms. The average Bonchev–Trinajstić information content (AvgIpc) is 2.58. The number of alkyl halides is 11. The van der Waals surface area contributed by atoms with E-state index < -0.39 is 52.7 Å². The first kappa shape index (κ1) is 21.5. The van der Waals surface area contributed by atoms with Gasteiger partial charge in [-0.25, -0.2) is 4.39 Å². The lowest BCUT2D eigenvalue weighted by molar-refractivity contribution is -0.494. The van der Waals surface area contributed by atoms with Crippen molar-refractivity contribution in [1.82, 2.24) is 0 Å². The molecule has 0 heterocycles. The highest BCUT2D eigenvalue weighted by molar-refractivity contribution is 5.40. The summed E-state index contributed by atoms with van der Waals surface area (Å²) in [7, 11) is 0.769. The van der Waals surface area contributed by atoms with Crippen LogP contribution in [0.5, 0.6) is 5.75 Å². The number of ether oxygens (including phenoxy) is 1. The van der Waals surface area contributed by atoms with Crippen molar-refractivity contribution in [1.29, 1.82) is 0 Å². The van der Waals surface area contributed by atoms with Crippen LogP contribution in [0.25, 0.3) is 0 Å². The summed E-state index contributed by atoms with van der Waals surface area (Å²) in [5, 5.41) is 9.70. The lowest BCUT2D eigenvalue weighted by Crippen LogP contribution is -2.84. The fraction of sp³-hybridized carbons (Fsp3) is 0.571. The Morgan fingerprint density at radius 2 is 1.07 bits per heavy atom. The molecular formula is C14H9F11O2. The average molecular weight is 418 g/mol. The summed E-state index contributed by atoms with van der Waals surface area (Å²) in [6.07, 6.45) is -4.09. The maximum Gasteiger partial charge on any atom is 0.384 e. The molecule has 0 amide bonds. The molecule has 1 aliphatic carbocycles. The molecule has 0 spiro atoms. The molecule has 1 N–H and O–H groups in total. The minimum absolute atomic E-state index is 0.431. The first-order chi connectivity index (χ1) is 12.0. The smallest absolute Gasteiger partial charge is 0.384 e. The summed E-state index contributed by atoms with van der Waals surface area (Å²) in [6.45, 7) is 0. The lowest BCUT2D eigenvalue weighted by Gasteiger charge is -2.53. The summed E-state index contributed by atoms with van der Waals surface area (Å²) >= 11 is 0. The van der Waals surface area contributed by atoms with Crippen LogP contribution in [0.3, 0.4) is 0 Å². The predicted octanol–water partition coefficient (Wildman–Crippen LogP) is 4.63. The van der Waals surface area contributed by atoms with Gasteiger partial charge in [-0.3, -0.25) is 0 Å². The van der Waals surface area contributed by atoms with Gasteiger partial charge in [-0.2, -0.15) is 43.9 Å². The van der Waals surface area contributed by atoms with E-state index in [1.54, 1.807) is 0 Å². The Balaban J connectivity index is 2.86. The van der Waals surface area contributed by atoms with Gasteiger partial charge in [0.05, 0.1) is 7.11 Å². The van der Waals surface area contributed by atoms with Crippen LogP contribution >= 0.6 is 0 Å². The van der Waals surface area contributed by atoms with Gasteiger partial charge in [-0.05, 0) is 6.07 Å². The molecule has 0 aliphatic heterocycles. The minimum atomic E-state index is -7.33. The number of aliphatic hydroxyl groups is 1. The molecule has 1 aromatic carbocycles. The van der Waals surface area contributed by atoms with E-state index in [-0.39, 0.29) is 0 Å². The fourth-order valence-electron chi connectivity index (χ4n) is 2.70. The van der Waals surface area contributed by atoms with Crippen molar-refractivity contribution in [3.05, 3.63) is 29.8 Å². The van der Waals surface area contributed by atoms with Crippen molar-refractivity contribution >= 4 is 0 Å². The zero-order chi connectivity index (χ0) is 21.3. The Hall–Kier alpha value is -1.79. The molecule has 2 nitrogen and oxygen atoms in total. The number of methoxy groups -OCH3 is 1. The third-order valence-electron chi connectivity index (χ3n) is 4.30. The molecule has 0 radical (unpaired) electrons. The number of para-hydroxylation sites is 1. The van der Waals surface area contributed by atoms with E-state index in [0.29, 0.717) is 6.07 Å². The monoisotopic (exact) mass is 418 g/mol. The van der Waals surface area contributed by atoms with Crippen molar-refractivity contribution < 1.29 is 58.1 Å². The summed E-state index contributed by atoms with van der Waals surface area (Å²) in [6, 6.07) is 3.06. The molecule has 1 aliphatic rings. The van der Waals surface area contributed by atoms with Gasteiger partial charge in [-0.1, -0.05) is 18.2 Å². The second-order valence-corrected chi connectivity index (χ2v) is 5.73. The summed E-state index contributed by atoms with van der Waals surface area (Å²) in [5.41, 5.74) is -7.89. The van der Waals surface area contributed by atoms with Gasteiger partial charge >= 0.3 is 29.6 Å². The highest BCUT2D eigenvalue weighted by atomic mass is 19.4. The van der Waals surface area contributed by atoms with Crippen LogP contribution < -0.4 is 4.74 Å². The molecule has 154 valence electrons. The Bertz CT molecular complexity index is 702. The van der Waals surface area contributed by atoms with E-state index >= 15 is 0 Å². The quantitative estimate of drug-likeness (QED) is 0.726. The van der Waals surface area contributed by atoms with Gasteiger partial charge in [-0.15, -0.1) is 0 Å². The van der Waals surface area contributed by atoms with Crippen molar-refractivity contribution in [3.8, 4) is 5.75 Å². The van der Waals surface area contributed by atoms with Gasteiger partial charge in [0, 0.05) is 5.56 Å². The third kappa shape index (κ3) is 2.11. The van der Waals surface area contributed by atoms with Crippen LogP contribution in [-0.4, -0.2) is 47.5 Å². The van der Waals surface area contributed by atoms with E-state index in [2.05, 4.69) is 4.74 Å². The molecule has 1 fully saturated rings. The zero-order valence-corrected chi connectivity index (χ0v) is 12.9. The summed E-state index contributed by atoms with van der Waals surface area (Å²) in [4.78, 5) is 0. The number of aliphatic hydroxyl groups excluding tert-OH is 1. The largest absolute Gasteiger partial charge is 0.496 e. The number of rotatable bonds is 3. The second kappa shape index (κ2) is 5.61. The van der Waals surface area contributed by atoms with Gasteiger partial charge in [0.1, 0.15) is 11.9 Å². The lowest BCUT2D eigenvalue weighted by atomic mass is 9.68. The first-order valence-corrected chi connectivity index (χ1v) is 6.85. The molecule has 13 heteroatoms. The van der Waals surface area contributed by atoms with Gasteiger partial charge < -0.3 is 9.84 Å². The highest BCUT2D eigenvalue weighted by Crippen LogP contribution is 2.71. The Labute approximate surface area is 143 Å². The van der Waals surface area contributed by atoms with E-state index in [1.807, 2.05) is 0 Å². The zero-order valence-electron chi connectivity index (χ0n) is 12.9. The van der Waals surface area contributed by atoms with Crippen LogP contribution in [0.1, 0.15) is 11.7 Å². The molecule has 0 saturated heterocycles. The SMILES string of the molecule is COc1ccccc1C(O)C1(F)C(F)(F)C(F)(F)C(F)(F)C(F)(F)C1(F)F. The van der Waals surface area contributed by atoms with Gasteiger partial charge in [0.25, 0.3) is 5.67 Å². The van der Waals surface area contributed by atoms with Crippen molar-refractivity contribution in [2.75, 3.05) is 7.11 Å². The number of hydrogen-bond donors (Lipinski definition) is 1. The van der Waals surface area contributed by atoms with Crippen molar-refractivity contribution in [2.45, 2.75) is 41.4 Å².